The van der Waals surface area contributed by atoms with Gasteiger partial charge in [0.1, 0.15) is 41.0 Å². The van der Waals surface area contributed by atoms with Crippen molar-refractivity contribution >= 4 is 17.6 Å². The van der Waals surface area contributed by atoms with Crippen LogP contribution in [0.1, 0.15) is 53.5 Å². The number of hydrazone groups is 1. The molecule has 0 saturated heterocycles. The third-order valence-electron chi connectivity index (χ3n) is 6.14. The first-order valence-corrected chi connectivity index (χ1v) is 11.5. The number of carbonyl (C=O) groups is 2. The number of benzene rings is 2. The highest BCUT2D eigenvalue weighted by molar-refractivity contribution is 6.07. The third kappa shape index (κ3) is 5.10. The van der Waals surface area contributed by atoms with Crippen molar-refractivity contribution in [2.24, 2.45) is 5.10 Å². The molecule has 188 valence electrons. The number of nitrogens with zero attached hydrogens (tertiary/aromatic N) is 4. The quantitative estimate of drug-likeness (QED) is 0.637. The van der Waals surface area contributed by atoms with Crippen molar-refractivity contribution < 1.29 is 23.5 Å². The van der Waals surface area contributed by atoms with Crippen molar-refractivity contribution in [3.8, 4) is 23.3 Å². The highest BCUT2D eigenvalue weighted by atomic mass is 19.1. The molecule has 2 aromatic rings. The zero-order valence-corrected chi connectivity index (χ0v) is 20.9. The molecule has 10 heteroatoms. The second-order valence-electron chi connectivity index (χ2n) is 9.68. The van der Waals surface area contributed by atoms with Crippen LogP contribution in [0.3, 0.4) is 0 Å². The van der Waals surface area contributed by atoms with Crippen molar-refractivity contribution in [3.63, 3.8) is 0 Å². The van der Waals surface area contributed by atoms with Gasteiger partial charge in [-0.05, 0) is 45.0 Å². The maximum atomic E-state index is 14.8. The van der Waals surface area contributed by atoms with Gasteiger partial charge in [0, 0.05) is 44.1 Å². The molecule has 0 bridgehead atoms. The van der Waals surface area contributed by atoms with Gasteiger partial charge in [0.15, 0.2) is 0 Å². The fourth-order valence-corrected chi connectivity index (χ4v) is 4.13. The van der Waals surface area contributed by atoms with E-state index in [0.717, 1.165) is 16.5 Å². The van der Waals surface area contributed by atoms with Crippen molar-refractivity contribution in [2.45, 2.75) is 45.3 Å². The number of fused-ring (bicyclic) bond motifs is 1. The lowest BCUT2D eigenvalue weighted by molar-refractivity contribution is 0.0807. The van der Waals surface area contributed by atoms with E-state index < -0.39 is 17.3 Å². The summed E-state index contributed by atoms with van der Waals surface area (Å²) < 4.78 is 26.8. The minimum atomic E-state index is -0.776. The number of amidine groups is 1. The zero-order valence-electron chi connectivity index (χ0n) is 20.9. The predicted molar refractivity (Wildman–Crippen MR) is 131 cm³/mol. The topological polar surface area (TPSA) is 107 Å². The minimum absolute atomic E-state index is 0.158. The Bertz CT molecular complexity index is 1300. The van der Waals surface area contributed by atoms with Crippen LogP contribution >= 0.6 is 0 Å². The lowest BCUT2D eigenvalue weighted by Gasteiger charge is -2.16. The Hall–Kier alpha value is -4.13. The van der Waals surface area contributed by atoms with Crippen molar-refractivity contribution in [2.75, 3.05) is 20.6 Å². The Balaban J connectivity index is 1.62. The molecular weight excluding hydrogens is 465 g/mol. The van der Waals surface area contributed by atoms with E-state index in [0.29, 0.717) is 35.7 Å². The fourth-order valence-electron chi connectivity index (χ4n) is 4.13. The molecule has 9 nitrogen and oxygen atoms in total. The number of rotatable bonds is 5. The van der Waals surface area contributed by atoms with E-state index in [1.807, 2.05) is 33.9 Å². The van der Waals surface area contributed by atoms with Crippen LogP contribution in [0, 0.1) is 17.1 Å². The number of hydrogen-bond donors (Lipinski definition) is 1. The van der Waals surface area contributed by atoms with Crippen LogP contribution < -0.4 is 14.8 Å². The second kappa shape index (κ2) is 9.49. The Labute approximate surface area is 209 Å². The Morgan fingerprint density at radius 1 is 1.36 bits per heavy atom. The molecule has 0 aliphatic carbocycles. The van der Waals surface area contributed by atoms with Gasteiger partial charge in [-0.3, -0.25) is 14.6 Å². The fraction of sp³-hybridized carbons (Fsp3) is 0.385. The lowest BCUT2D eigenvalue weighted by Crippen LogP contribution is -2.30. The lowest BCUT2D eigenvalue weighted by atomic mass is 9.99. The summed E-state index contributed by atoms with van der Waals surface area (Å²) >= 11 is 0. The average molecular weight is 494 g/mol. The molecule has 2 aromatic carbocycles. The second-order valence-corrected chi connectivity index (χ2v) is 9.68. The van der Waals surface area contributed by atoms with Gasteiger partial charge >= 0.3 is 0 Å². The number of halogens is 1. The van der Waals surface area contributed by atoms with E-state index in [2.05, 4.69) is 10.4 Å². The van der Waals surface area contributed by atoms with Crippen LogP contribution in [-0.4, -0.2) is 59.8 Å². The maximum absolute atomic E-state index is 14.8. The summed E-state index contributed by atoms with van der Waals surface area (Å²) in [6, 6.07) is 9.21. The van der Waals surface area contributed by atoms with Crippen LogP contribution in [0.4, 0.5) is 4.39 Å². The van der Waals surface area contributed by atoms with E-state index in [4.69, 9.17) is 14.7 Å². The van der Waals surface area contributed by atoms with E-state index in [1.165, 1.54) is 19.2 Å². The van der Waals surface area contributed by atoms with Gasteiger partial charge in [-0.2, -0.15) is 10.4 Å². The number of hydrogen-bond acceptors (Lipinski definition) is 7. The summed E-state index contributed by atoms with van der Waals surface area (Å²) in [5, 5.41) is 17.8. The van der Waals surface area contributed by atoms with E-state index in [9.17, 15) is 14.0 Å². The molecule has 2 aliphatic rings. The van der Waals surface area contributed by atoms with E-state index >= 15 is 0 Å². The highest BCUT2D eigenvalue weighted by Crippen LogP contribution is 2.43. The van der Waals surface area contributed by atoms with Gasteiger partial charge in [-0.25, -0.2) is 4.39 Å². The molecular formula is C26H28FN5O4. The molecule has 0 fully saturated rings. The normalized spacial score (nSPS) is 17.5. The van der Waals surface area contributed by atoms with Gasteiger partial charge in [-0.15, -0.1) is 0 Å². The summed E-state index contributed by atoms with van der Waals surface area (Å²) in [6.45, 7) is 5.71. The number of amides is 2. The zero-order chi connectivity index (χ0) is 26.2. The minimum Gasteiger partial charge on any atom is -0.487 e. The molecule has 2 amide bonds. The predicted octanol–water partition coefficient (Wildman–Crippen LogP) is 3.69. The van der Waals surface area contributed by atoms with Crippen LogP contribution in [0.2, 0.25) is 0 Å². The summed E-state index contributed by atoms with van der Waals surface area (Å²) in [6.07, 6.45) is 1.15. The first-order chi connectivity index (χ1) is 17.0. The van der Waals surface area contributed by atoms with Crippen LogP contribution in [0.25, 0.3) is 0 Å². The molecule has 1 N–H and O–H groups in total. The van der Waals surface area contributed by atoms with Crippen molar-refractivity contribution in [3.05, 3.63) is 52.8 Å². The smallest absolute Gasteiger partial charge is 0.257 e. The Morgan fingerprint density at radius 3 is 2.75 bits per heavy atom. The molecule has 0 saturated carbocycles. The SMILES string of the molecule is CC1CC(NC(=O)c2cc(Oc3ccc(C(=O)N(C)CC#N)c(F)c3)c3c(c2)OC(C)(C)C3)=NN1C. The molecule has 1 atom stereocenters. The van der Waals surface area contributed by atoms with Crippen LogP contribution in [0.15, 0.2) is 35.4 Å². The Morgan fingerprint density at radius 2 is 2.11 bits per heavy atom. The standard InChI is InChI=1S/C26H28FN5O4/c1-15-10-23(30-32(15)5)29-24(33)16-11-21(19-14-26(2,3)36-22(19)12-16)35-17-6-7-18(20(27)13-17)25(34)31(4)9-8-28/h6-7,11-13,15H,9-10,14H2,1-5H3,(H,29,30,33). The largest absolute Gasteiger partial charge is 0.487 e. The van der Waals surface area contributed by atoms with Gasteiger partial charge < -0.3 is 19.7 Å². The molecule has 0 aromatic heterocycles. The maximum Gasteiger partial charge on any atom is 0.257 e. The summed E-state index contributed by atoms with van der Waals surface area (Å²) in [7, 11) is 3.27. The van der Waals surface area contributed by atoms with E-state index in [-0.39, 0.29) is 29.8 Å². The average Bonchev–Trinajstić information content (AvgIpc) is 3.29. The number of nitrogens with one attached hydrogen (secondary N) is 1. The van der Waals surface area contributed by atoms with Crippen molar-refractivity contribution in [1.82, 2.24) is 15.2 Å². The number of carbonyl (C=O) groups excluding carboxylic acids is 2. The molecule has 0 radical (unpaired) electrons. The highest BCUT2D eigenvalue weighted by Gasteiger charge is 2.34. The summed E-state index contributed by atoms with van der Waals surface area (Å²) in [5.41, 5.74) is 0.407. The van der Waals surface area contributed by atoms with Crippen LogP contribution in [-0.2, 0) is 6.42 Å². The molecule has 1 unspecified atom stereocenters. The van der Waals surface area contributed by atoms with E-state index in [1.54, 1.807) is 17.1 Å². The molecule has 0 spiro atoms. The summed E-state index contributed by atoms with van der Waals surface area (Å²) in [5.74, 6) is -0.124. The monoisotopic (exact) mass is 493 g/mol. The van der Waals surface area contributed by atoms with Gasteiger partial charge in [-0.1, -0.05) is 0 Å². The first kappa shape index (κ1) is 25.0. The Kier molecular flexibility index (Phi) is 6.59. The molecule has 2 aliphatic heterocycles. The molecule has 4 rings (SSSR count). The number of ether oxygens (including phenoxy) is 2. The molecule has 2 heterocycles. The van der Waals surface area contributed by atoms with Crippen molar-refractivity contribution in [1.29, 1.82) is 5.26 Å². The first-order valence-electron chi connectivity index (χ1n) is 11.5. The van der Waals surface area contributed by atoms with Crippen LogP contribution in [0.5, 0.6) is 17.2 Å². The number of nitriles is 1. The van der Waals surface area contributed by atoms with Gasteiger partial charge in [0.2, 0.25) is 0 Å². The summed E-state index contributed by atoms with van der Waals surface area (Å²) in [4.78, 5) is 26.5. The third-order valence-corrected chi connectivity index (χ3v) is 6.14. The van der Waals surface area contributed by atoms with Gasteiger partial charge in [0.25, 0.3) is 11.8 Å². The molecule has 36 heavy (non-hydrogen) atoms. The van der Waals surface area contributed by atoms with Gasteiger partial charge in [0.05, 0.1) is 17.7 Å².